The highest BCUT2D eigenvalue weighted by molar-refractivity contribution is 5.88. The number of hydrogen-bond acceptors (Lipinski definition) is 10. The molecule has 0 aromatic rings. The number of rotatable bonds is 7. The van der Waals surface area contributed by atoms with Gasteiger partial charge < -0.3 is 34.6 Å². The van der Waals surface area contributed by atoms with Gasteiger partial charge in [0.05, 0.1) is 43.0 Å². The lowest BCUT2D eigenvalue weighted by Gasteiger charge is -2.26. The highest BCUT2D eigenvalue weighted by atomic mass is 16.6. The van der Waals surface area contributed by atoms with Crippen LogP contribution in [-0.2, 0) is 28.6 Å². The lowest BCUT2D eigenvalue weighted by atomic mass is 9.87. The Morgan fingerprint density at radius 3 is 2.39 bits per heavy atom. The number of allylic oxidation sites excluding steroid dienone is 2. The highest BCUT2D eigenvalue weighted by Gasteiger charge is 2.41. The molecule has 2 saturated heterocycles. The molecule has 286 valence electrons. The first kappa shape index (κ1) is 42.7. The standard InChI is InChI=1S/C41H62O10/c1-9-10-12-23(2)39(46)24(3)13-11-14-34-35-16-15-31(49-35)20-30(42)18-26(5)32(43)21-33(44)29(8)25(4)17-28(7)40(47)41(48)37-19-27(6)36(50-37)22-38(45)51-34/h11,13-14,17,26-27,29,31,33-37,39-41,44,46-48H,2,7,9-10,12,15-16,18-22H2,1,3-6,8H3/t26-,27+,29+,31+,33-,34?,35-,36-,37?,39-,40+,41-/m0/s1. The molecule has 10 nitrogen and oxygen atoms in total. The average molecular weight is 715 g/mol. The van der Waals surface area contributed by atoms with Crippen molar-refractivity contribution in [2.24, 2.45) is 17.8 Å². The van der Waals surface area contributed by atoms with E-state index >= 15 is 0 Å². The molecule has 3 aliphatic heterocycles. The minimum Gasteiger partial charge on any atom is -0.455 e. The van der Waals surface area contributed by atoms with E-state index in [-0.39, 0.29) is 48.7 Å². The molecule has 0 aliphatic carbocycles. The number of aliphatic hydroxyl groups is 4. The lowest BCUT2D eigenvalue weighted by Crippen LogP contribution is -2.38. The number of carbonyl (C=O) groups excluding carboxylic acids is 3. The van der Waals surface area contributed by atoms with Gasteiger partial charge in [-0.3, -0.25) is 14.4 Å². The first-order valence-electron chi connectivity index (χ1n) is 18.7. The molecule has 12 atom stereocenters. The van der Waals surface area contributed by atoms with Gasteiger partial charge in [-0.15, -0.1) is 0 Å². The van der Waals surface area contributed by atoms with Crippen LogP contribution in [0.4, 0.5) is 0 Å². The van der Waals surface area contributed by atoms with Crippen LogP contribution in [0.3, 0.4) is 0 Å². The lowest BCUT2D eigenvalue weighted by molar-refractivity contribution is -0.158. The van der Waals surface area contributed by atoms with E-state index in [1.54, 1.807) is 45.1 Å². The number of esters is 1. The number of fused-ring (bicyclic) bond motifs is 4. The molecule has 4 N–H and O–H groups in total. The molecule has 0 aromatic carbocycles. The summed E-state index contributed by atoms with van der Waals surface area (Å²) in [5.74, 6) is -2.02. The summed E-state index contributed by atoms with van der Waals surface area (Å²) in [4.78, 5) is 39.5. The van der Waals surface area contributed by atoms with Gasteiger partial charge in [0.1, 0.15) is 29.9 Å². The maximum Gasteiger partial charge on any atom is 0.309 e. The Bertz CT molecular complexity index is 1330. The Balaban J connectivity index is 1.85. The predicted octanol–water partition coefficient (Wildman–Crippen LogP) is 5.42. The van der Waals surface area contributed by atoms with E-state index in [1.165, 1.54) is 0 Å². The zero-order valence-corrected chi connectivity index (χ0v) is 31.5. The van der Waals surface area contributed by atoms with E-state index in [0.29, 0.717) is 30.4 Å². The quantitative estimate of drug-likeness (QED) is 0.152. The second-order valence-corrected chi connectivity index (χ2v) is 15.2. The summed E-state index contributed by atoms with van der Waals surface area (Å²) in [7, 11) is 0. The van der Waals surface area contributed by atoms with E-state index in [1.807, 2.05) is 13.8 Å². The molecule has 0 amide bonds. The van der Waals surface area contributed by atoms with Crippen LogP contribution in [-0.4, -0.2) is 92.9 Å². The SMILES string of the molecule is C=C(CCCC)[C@H](O)C(C)=CC=CC1OC(=O)C[C@@H]2OC(C[C@H]2C)[C@H](O)[C@H](O)C(=C)C=C(C)[C@@H](C)[C@@H](O)CC(=O)[C@@H](C)CC(=O)C[C@H]2CC[C@@H]1O2. The van der Waals surface area contributed by atoms with Crippen molar-refractivity contribution in [3.63, 3.8) is 0 Å². The van der Waals surface area contributed by atoms with Crippen molar-refractivity contribution in [1.82, 2.24) is 0 Å². The van der Waals surface area contributed by atoms with Gasteiger partial charge in [-0.1, -0.05) is 71.1 Å². The maximum absolute atomic E-state index is 13.4. The second kappa shape index (κ2) is 19.9. The van der Waals surface area contributed by atoms with Crippen LogP contribution in [0.1, 0.15) is 106 Å². The van der Waals surface area contributed by atoms with Crippen LogP contribution in [0.2, 0.25) is 0 Å². The van der Waals surface area contributed by atoms with Gasteiger partial charge in [0.25, 0.3) is 0 Å². The Labute approximate surface area is 304 Å². The number of cyclic esters (lactones) is 1. The van der Waals surface area contributed by atoms with Crippen LogP contribution < -0.4 is 0 Å². The summed E-state index contributed by atoms with van der Waals surface area (Å²) in [5, 5.41) is 43.6. The molecule has 3 heterocycles. The Morgan fingerprint density at radius 1 is 1.00 bits per heavy atom. The Morgan fingerprint density at radius 2 is 1.71 bits per heavy atom. The van der Waals surface area contributed by atoms with E-state index in [2.05, 4.69) is 20.1 Å². The molecular weight excluding hydrogens is 652 g/mol. The zero-order valence-electron chi connectivity index (χ0n) is 31.5. The highest BCUT2D eigenvalue weighted by Crippen LogP contribution is 2.34. The maximum atomic E-state index is 13.4. The largest absolute Gasteiger partial charge is 0.455 e. The van der Waals surface area contributed by atoms with Gasteiger partial charge in [0.2, 0.25) is 0 Å². The Hall–Kier alpha value is -2.73. The first-order chi connectivity index (χ1) is 24.0. The first-order valence-corrected chi connectivity index (χ1v) is 18.7. The number of Topliss-reactive ketones (excluding diaryl/α,β-unsaturated/α-hetero) is 2. The summed E-state index contributed by atoms with van der Waals surface area (Å²) in [6.07, 6.45) is 3.42. The molecule has 51 heavy (non-hydrogen) atoms. The van der Waals surface area contributed by atoms with Crippen molar-refractivity contribution in [3.05, 3.63) is 59.8 Å². The number of carbonyl (C=O) groups is 3. The third-order valence-electron chi connectivity index (χ3n) is 10.8. The van der Waals surface area contributed by atoms with Crippen LogP contribution in [0.5, 0.6) is 0 Å². The molecule has 3 aliphatic rings. The van der Waals surface area contributed by atoms with Gasteiger partial charge in [-0.2, -0.15) is 0 Å². The fourth-order valence-corrected chi connectivity index (χ4v) is 7.01. The fraction of sp³-hybridized carbons (Fsp3) is 0.683. The third kappa shape index (κ3) is 12.4. The van der Waals surface area contributed by atoms with Crippen LogP contribution in [0.25, 0.3) is 0 Å². The molecule has 0 spiro atoms. The van der Waals surface area contributed by atoms with Crippen LogP contribution >= 0.6 is 0 Å². The molecular formula is C41H62O10. The summed E-state index contributed by atoms with van der Waals surface area (Å²) < 4.78 is 18.3. The van der Waals surface area contributed by atoms with Crippen LogP contribution in [0, 0.1) is 17.8 Å². The molecule has 4 bridgehead atoms. The van der Waals surface area contributed by atoms with E-state index in [0.717, 1.165) is 24.8 Å². The number of aliphatic hydroxyl groups excluding tert-OH is 4. The van der Waals surface area contributed by atoms with Gasteiger partial charge >= 0.3 is 5.97 Å². The minimum absolute atomic E-state index is 0.0230. The smallest absolute Gasteiger partial charge is 0.309 e. The van der Waals surface area contributed by atoms with Crippen molar-refractivity contribution >= 4 is 17.5 Å². The van der Waals surface area contributed by atoms with Crippen molar-refractivity contribution in [2.75, 3.05) is 0 Å². The topological polar surface area (TPSA) is 160 Å². The van der Waals surface area contributed by atoms with E-state index in [9.17, 15) is 34.8 Å². The molecule has 2 fully saturated rings. The van der Waals surface area contributed by atoms with Crippen LogP contribution in [0.15, 0.2) is 59.8 Å². The van der Waals surface area contributed by atoms with E-state index < -0.39 is 72.7 Å². The number of unbranched alkanes of at least 4 members (excludes halogenated alkanes) is 1. The van der Waals surface area contributed by atoms with Crippen molar-refractivity contribution in [1.29, 1.82) is 0 Å². The monoisotopic (exact) mass is 714 g/mol. The molecule has 3 rings (SSSR count). The third-order valence-corrected chi connectivity index (χ3v) is 10.8. The number of ether oxygens (including phenoxy) is 3. The fourth-order valence-electron chi connectivity index (χ4n) is 7.01. The van der Waals surface area contributed by atoms with Crippen molar-refractivity contribution in [3.8, 4) is 0 Å². The molecule has 0 saturated carbocycles. The number of ketones is 2. The average Bonchev–Trinajstić information content (AvgIpc) is 3.70. The van der Waals surface area contributed by atoms with Gasteiger partial charge in [0, 0.05) is 31.1 Å². The Kier molecular flexibility index (Phi) is 16.7. The summed E-state index contributed by atoms with van der Waals surface area (Å²) in [6, 6.07) is 0. The summed E-state index contributed by atoms with van der Waals surface area (Å²) >= 11 is 0. The molecule has 10 heteroatoms. The van der Waals surface area contributed by atoms with Crippen molar-refractivity contribution in [2.45, 2.75) is 161 Å². The second-order valence-electron chi connectivity index (χ2n) is 15.2. The molecule has 2 unspecified atom stereocenters. The van der Waals surface area contributed by atoms with E-state index in [4.69, 9.17) is 14.2 Å². The zero-order chi connectivity index (χ0) is 38.0. The van der Waals surface area contributed by atoms with Gasteiger partial charge in [-0.05, 0) is 74.7 Å². The van der Waals surface area contributed by atoms with Gasteiger partial charge in [-0.25, -0.2) is 0 Å². The van der Waals surface area contributed by atoms with Gasteiger partial charge in [0.15, 0.2) is 0 Å². The minimum atomic E-state index is -1.36. The predicted molar refractivity (Wildman–Crippen MR) is 196 cm³/mol. The summed E-state index contributed by atoms with van der Waals surface area (Å²) in [6.45, 7) is 19.0. The van der Waals surface area contributed by atoms with Crippen molar-refractivity contribution < 1.29 is 49.0 Å². The summed E-state index contributed by atoms with van der Waals surface area (Å²) in [5.41, 5.74) is 2.34. The number of hydrogen-bond donors (Lipinski definition) is 4. The molecule has 0 radical (unpaired) electrons. The normalized spacial score (nSPS) is 36.2. The molecule has 0 aromatic heterocycles.